The maximum atomic E-state index is 5.70. The molecule has 0 aliphatic heterocycles. The number of hydrazone groups is 1. The van der Waals surface area contributed by atoms with Gasteiger partial charge in [0.15, 0.2) is 0 Å². The van der Waals surface area contributed by atoms with Crippen molar-refractivity contribution in [3.05, 3.63) is 0 Å². The summed E-state index contributed by atoms with van der Waals surface area (Å²) in [5.41, 5.74) is 3.36. The quantitative estimate of drug-likeness (QED) is 0.181. The van der Waals surface area contributed by atoms with E-state index in [1.54, 1.807) is 0 Å². The summed E-state index contributed by atoms with van der Waals surface area (Å²) in [7, 11) is 2.89. The molecule has 0 amide bonds. The van der Waals surface area contributed by atoms with Crippen LogP contribution >= 0.6 is 9.24 Å². The number of hydrogen-bond acceptors (Lipinski definition) is 3. The summed E-state index contributed by atoms with van der Waals surface area (Å²) in [6, 6.07) is 0. The van der Waals surface area contributed by atoms with Gasteiger partial charge in [0.2, 0.25) is 0 Å². The van der Waals surface area contributed by atoms with E-state index in [4.69, 9.17) is 4.65 Å². The summed E-state index contributed by atoms with van der Waals surface area (Å²) < 4.78 is 5.70. The van der Waals surface area contributed by atoms with E-state index >= 15 is 0 Å². The number of nitrogens with zero attached hydrogens (tertiary/aromatic N) is 1. The van der Waals surface area contributed by atoms with E-state index in [2.05, 4.69) is 75.1 Å². The first kappa shape index (κ1) is 19.9. The molecule has 20 heavy (non-hydrogen) atoms. The molecular formula is C15H34BN2OP. The minimum Gasteiger partial charge on any atom is -0.419 e. The number of hydrogen-bond donors (Lipinski definition) is 1. The molecule has 1 N–H and O–H groups in total. The molecule has 3 nitrogen and oxygen atoms in total. The van der Waals surface area contributed by atoms with E-state index in [1.165, 1.54) is 0 Å². The van der Waals surface area contributed by atoms with Crippen molar-refractivity contribution in [2.75, 3.05) is 6.73 Å². The summed E-state index contributed by atoms with van der Waals surface area (Å²) in [6.45, 7) is 18.3. The third-order valence-corrected chi connectivity index (χ3v) is 2.95. The van der Waals surface area contributed by atoms with E-state index < -0.39 is 0 Å². The molecule has 1 unspecified atom stereocenters. The van der Waals surface area contributed by atoms with Crippen LogP contribution in [0.3, 0.4) is 0 Å². The molecule has 0 rings (SSSR count). The Kier molecular flexibility index (Phi) is 7.77. The Morgan fingerprint density at radius 2 is 1.70 bits per heavy atom. The van der Waals surface area contributed by atoms with Crippen molar-refractivity contribution in [2.24, 2.45) is 15.9 Å². The molecule has 0 saturated carbocycles. The van der Waals surface area contributed by atoms with Gasteiger partial charge in [0.1, 0.15) is 6.73 Å². The zero-order chi connectivity index (χ0) is 16.0. The average molecular weight is 300 g/mol. The third kappa shape index (κ3) is 12.9. The van der Waals surface area contributed by atoms with Crippen molar-refractivity contribution in [3.8, 4) is 0 Å². The lowest BCUT2D eigenvalue weighted by atomic mass is 9.59. The van der Waals surface area contributed by atoms with Crippen molar-refractivity contribution in [1.82, 2.24) is 5.43 Å². The van der Waals surface area contributed by atoms with Crippen LogP contribution in [0.4, 0.5) is 0 Å². The van der Waals surface area contributed by atoms with Crippen LogP contribution in [0.25, 0.3) is 0 Å². The standard InChI is InChI=1S/C15H34BN2OP/c1-13(2,3)10-16(8)19-12-18-17-11-14(4,5)9-15(6,7)20/h11,18H,9-10,12,20H2,1-8H3/b17-11+. The van der Waals surface area contributed by atoms with Crippen LogP contribution in [-0.4, -0.2) is 25.0 Å². The van der Waals surface area contributed by atoms with E-state index in [0.29, 0.717) is 12.1 Å². The minimum absolute atomic E-state index is 0.0786. The van der Waals surface area contributed by atoms with E-state index in [9.17, 15) is 0 Å². The maximum Gasteiger partial charge on any atom is 0.292 e. The molecule has 0 aromatic carbocycles. The smallest absolute Gasteiger partial charge is 0.292 e. The highest BCUT2D eigenvalue weighted by atomic mass is 31.0. The lowest BCUT2D eigenvalue weighted by Crippen LogP contribution is -2.27. The number of rotatable bonds is 8. The average Bonchev–Trinajstić information content (AvgIpc) is 2.09. The molecule has 0 bridgehead atoms. The monoisotopic (exact) mass is 300 g/mol. The van der Waals surface area contributed by atoms with Crippen molar-refractivity contribution in [2.45, 2.75) is 73.2 Å². The molecule has 0 aromatic rings. The fourth-order valence-corrected chi connectivity index (χ4v) is 3.10. The molecular weight excluding hydrogens is 266 g/mol. The summed E-state index contributed by atoms with van der Waals surface area (Å²) in [5.74, 6) is 0. The van der Waals surface area contributed by atoms with Gasteiger partial charge in [-0.3, -0.25) is 5.43 Å². The summed E-state index contributed by atoms with van der Waals surface area (Å²) in [4.78, 5) is 0. The molecule has 0 spiro atoms. The van der Waals surface area contributed by atoms with Crippen LogP contribution in [0, 0.1) is 10.8 Å². The normalized spacial score (nSPS) is 13.8. The highest BCUT2D eigenvalue weighted by Gasteiger charge is 2.24. The zero-order valence-electron chi connectivity index (χ0n) is 14.7. The predicted octanol–water partition coefficient (Wildman–Crippen LogP) is 4.27. The van der Waals surface area contributed by atoms with Crippen molar-refractivity contribution in [3.63, 3.8) is 0 Å². The second-order valence-electron chi connectivity index (χ2n) is 8.46. The second kappa shape index (κ2) is 7.80. The van der Waals surface area contributed by atoms with Gasteiger partial charge in [-0.1, -0.05) is 55.3 Å². The topological polar surface area (TPSA) is 33.6 Å². The largest absolute Gasteiger partial charge is 0.419 e. The predicted molar refractivity (Wildman–Crippen MR) is 95.6 cm³/mol. The van der Waals surface area contributed by atoms with Gasteiger partial charge < -0.3 is 4.65 Å². The van der Waals surface area contributed by atoms with Gasteiger partial charge >= 0.3 is 0 Å². The Morgan fingerprint density at radius 3 is 2.15 bits per heavy atom. The Balaban J connectivity index is 3.97. The maximum absolute atomic E-state index is 5.70. The molecule has 0 aliphatic rings. The van der Waals surface area contributed by atoms with Crippen LogP contribution in [0.2, 0.25) is 13.1 Å². The molecule has 0 aliphatic carbocycles. The molecule has 0 radical (unpaired) electrons. The van der Waals surface area contributed by atoms with Crippen molar-refractivity contribution in [1.29, 1.82) is 0 Å². The highest BCUT2D eigenvalue weighted by Crippen LogP contribution is 2.32. The fraction of sp³-hybridized carbons (Fsp3) is 0.933. The molecule has 0 saturated heterocycles. The van der Waals surface area contributed by atoms with Gasteiger partial charge in [-0.2, -0.15) is 5.10 Å². The summed E-state index contributed by atoms with van der Waals surface area (Å²) in [6.07, 6.45) is 4.10. The van der Waals surface area contributed by atoms with Crippen LogP contribution in [0.15, 0.2) is 5.10 Å². The first-order valence-corrected chi connectivity index (χ1v) is 8.06. The van der Waals surface area contributed by atoms with Crippen LogP contribution in [-0.2, 0) is 4.65 Å². The lowest BCUT2D eigenvalue weighted by molar-refractivity contribution is 0.279. The van der Waals surface area contributed by atoms with Crippen LogP contribution in [0.1, 0.15) is 54.9 Å². The summed E-state index contributed by atoms with van der Waals surface area (Å²) >= 11 is 0. The fourth-order valence-electron chi connectivity index (χ4n) is 2.58. The van der Waals surface area contributed by atoms with E-state index in [1.807, 2.05) is 6.21 Å². The van der Waals surface area contributed by atoms with Crippen molar-refractivity contribution >= 4 is 22.4 Å². The molecule has 0 heterocycles. The van der Waals surface area contributed by atoms with E-state index in [-0.39, 0.29) is 17.5 Å². The van der Waals surface area contributed by atoms with Gasteiger partial charge in [0.05, 0.1) is 0 Å². The van der Waals surface area contributed by atoms with Gasteiger partial charge in [0, 0.05) is 11.6 Å². The molecule has 118 valence electrons. The zero-order valence-corrected chi connectivity index (χ0v) is 15.9. The SMILES string of the molecule is CB(CC(C)(C)C)OCN/N=C/C(C)(C)CC(C)(C)P. The Bertz CT molecular complexity index is 306. The third-order valence-electron chi connectivity index (χ3n) is 2.75. The molecule has 5 heteroatoms. The first-order chi connectivity index (χ1) is 8.81. The molecule has 0 aromatic heterocycles. The van der Waals surface area contributed by atoms with Gasteiger partial charge in [-0.05, 0) is 23.3 Å². The summed E-state index contributed by atoms with van der Waals surface area (Å²) in [5, 5.41) is 4.52. The Labute approximate surface area is 129 Å². The van der Waals surface area contributed by atoms with Crippen LogP contribution < -0.4 is 5.43 Å². The number of nitrogens with one attached hydrogen (secondary N) is 1. The lowest BCUT2D eigenvalue weighted by Gasteiger charge is -2.28. The van der Waals surface area contributed by atoms with E-state index in [0.717, 1.165) is 12.7 Å². The van der Waals surface area contributed by atoms with Gasteiger partial charge in [-0.15, -0.1) is 9.24 Å². The molecule has 0 fully saturated rings. The molecule has 1 atom stereocenters. The van der Waals surface area contributed by atoms with Crippen LogP contribution in [0.5, 0.6) is 0 Å². The Morgan fingerprint density at radius 1 is 1.15 bits per heavy atom. The minimum atomic E-state index is 0.0786. The van der Waals surface area contributed by atoms with Crippen molar-refractivity contribution < 1.29 is 4.65 Å². The first-order valence-electron chi connectivity index (χ1n) is 7.48. The Hall–Kier alpha value is -0.0751. The van der Waals surface area contributed by atoms with Gasteiger partial charge in [0.25, 0.3) is 6.92 Å². The highest BCUT2D eigenvalue weighted by molar-refractivity contribution is 7.18. The second-order valence-corrected chi connectivity index (χ2v) is 10.0. The van der Waals surface area contributed by atoms with Gasteiger partial charge in [-0.25, -0.2) is 0 Å².